The summed E-state index contributed by atoms with van der Waals surface area (Å²) in [5.41, 5.74) is 0. The largest absolute Gasteiger partial charge is 0.393 e. The summed E-state index contributed by atoms with van der Waals surface area (Å²) in [5, 5.41) is 18.6. The molecule has 2 N–H and O–H groups in total. The Labute approximate surface area is 91.2 Å². The molecule has 1 aliphatic heterocycles. The van der Waals surface area contributed by atoms with Gasteiger partial charge in [-0.15, -0.1) is 0 Å². The molecule has 4 nitrogen and oxygen atoms in total. The Morgan fingerprint density at radius 3 is 2.40 bits per heavy atom. The fourth-order valence-corrected chi connectivity index (χ4v) is 1.87. The summed E-state index contributed by atoms with van der Waals surface area (Å²) >= 11 is 0. The first-order valence-corrected chi connectivity index (χ1v) is 5.66. The van der Waals surface area contributed by atoms with E-state index >= 15 is 0 Å². The van der Waals surface area contributed by atoms with E-state index in [0.29, 0.717) is 26.1 Å². The topological polar surface area (TPSA) is 58.9 Å². The smallest absolute Gasteiger partial charge is 0.165 e. The third-order valence-electron chi connectivity index (χ3n) is 2.68. The maximum atomic E-state index is 9.54. The molecule has 4 heteroatoms. The Balaban J connectivity index is 2.10. The summed E-state index contributed by atoms with van der Waals surface area (Å²) in [7, 11) is 0. The van der Waals surface area contributed by atoms with Gasteiger partial charge in [-0.05, 0) is 33.1 Å². The fraction of sp³-hybridized carbons (Fsp3) is 1.00. The van der Waals surface area contributed by atoms with Gasteiger partial charge in [0.1, 0.15) is 0 Å². The molecular formula is C11H22O4. The van der Waals surface area contributed by atoms with Gasteiger partial charge in [0.15, 0.2) is 5.79 Å². The van der Waals surface area contributed by atoms with Crippen LogP contribution in [0, 0.1) is 0 Å². The van der Waals surface area contributed by atoms with Crippen molar-refractivity contribution in [1.82, 2.24) is 0 Å². The molecule has 15 heavy (non-hydrogen) atoms. The highest BCUT2D eigenvalue weighted by Gasteiger charge is 2.30. The Morgan fingerprint density at radius 2 is 1.87 bits per heavy atom. The zero-order valence-electron chi connectivity index (χ0n) is 9.61. The van der Waals surface area contributed by atoms with E-state index in [1.165, 1.54) is 0 Å². The van der Waals surface area contributed by atoms with Crippen LogP contribution in [-0.4, -0.2) is 41.4 Å². The molecule has 90 valence electrons. The van der Waals surface area contributed by atoms with Gasteiger partial charge in [-0.3, -0.25) is 0 Å². The van der Waals surface area contributed by atoms with E-state index in [1.807, 2.05) is 6.92 Å². The van der Waals surface area contributed by atoms with Gasteiger partial charge in [0, 0.05) is 6.42 Å². The Kier molecular flexibility index (Phi) is 4.99. The van der Waals surface area contributed by atoms with Gasteiger partial charge in [0.25, 0.3) is 0 Å². The highest BCUT2D eigenvalue weighted by Crippen LogP contribution is 2.25. The number of hydrogen-bond acceptors (Lipinski definition) is 4. The third-order valence-corrected chi connectivity index (χ3v) is 2.68. The monoisotopic (exact) mass is 218 g/mol. The van der Waals surface area contributed by atoms with E-state index in [0.717, 1.165) is 12.8 Å². The van der Waals surface area contributed by atoms with Gasteiger partial charge in [-0.25, -0.2) is 0 Å². The van der Waals surface area contributed by atoms with Crippen molar-refractivity contribution in [3.63, 3.8) is 0 Å². The number of rotatable bonds is 6. The third kappa shape index (κ3) is 4.93. The summed E-state index contributed by atoms with van der Waals surface area (Å²) in [6.45, 7) is 4.94. The highest BCUT2D eigenvalue weighted by atomic mass is 16.7. The molecule has 1 saturated heterocycles. The Hall–Kier alpha value is -0.160. The van der Waals surface area contributed by atoms with Crippen LogP contribution in [0.1, 0.15) is 39.5 Å². The number of aliphatic hydroxyl groups excluding tert-OH is 2. The normalized spacial score (nSPS) is 24.0. The van der Waals surface area contributed by atoms with Crippen LogP contribution in [0.5, 0.6) is 0 Å². The lowest BCUT2D eigenvalue weighted by Crippen LogP contribution is -2.26. The molecule has 0 aromatic rings. The average molecular weight is 218 g/mol. The van der Waals surface area contributed by atoms with Crippen LogP contribution in [0.15, 0.2) is 0 Å². The molecule has 0 spiro atoms. The molecule has 1 aliphatic rings. The minimum Gasteiger partial charge on any atom is -0.393 e. The molecule has 0 aromatic heterocycles. The van der Waals surface area contributed by atoms with Crippen LogP contribution in [0.3, 0.4) is 0 Å². The van der Waals surface area contributed by atoms with Crippen molar-refractivity contribution in [3.05, 3.63) is 0 Å². The van der Waals surface area contributed by atoms with Crippen molar-refractivity contribution in [2.24, 2.45) is 0 Å². The maximum Gasteiger partial charge on any atom is 0.165 e. The predicted octanol–water partition coefficient (Wildman–Crippen LogP) is 1.05. The van der Waals surface area contributed by atoms with Crippen LogP contribution < -0.4 is 0 Å². The second-order valence-electron chi connectivity index (χ2n) is 4.46. The van der Waals surface area contributed by atoms with Crippen LogP contribution in [0.2, 0.25) is 0 Å². The molecule has 0 saturated carbocycles. The zero-order valence-corrected chi connectivity index (χ0v) is 9.61. The van der Waals surface area contributed by atoms with Crippen molar-refractivity contribution in [3.8, 4) is 0 Å². The Morgan fingerprint density at radius 1 is 1.27 bits per heavy atom. The molecule has 0 aliphatic carbocycles. The lowest BCUT2D eigenvalue weighted by molar-refractivity contribution is -0.148. The molecule has 0 bridgehead atoms. The molecule has 2 atom stereocenters. The average Bonchev–Trinajstić information content (AvgIpc) is 2.51. The van der Waals surface area contributed by atoms with Gasteiger partial charge < -0.3 is 19.7 Å². The van der Waals surface area contributed by atoms with Crippen molar-refractivity contribution >= 4 is 0 Å². The van der Waals surface area contributed by atoms with Crippen LogP contribution in [0.4, 0.5) is 0 Å². The first-order chi connectivity index (χ1) is 7.02. The standard InChI is InChI=1S/C11H22O4/c1-9(12)8-10(13)4-3-5-11(2)14-6-7-15-11/h9-10,12-13H,3-8H2,1-2H3. The number of aliphatic hydroxyl groups is 2. The second kappa shape index (κ2) is 5.80. The van der Waals surface area contributed by atoms with Gasteiger partial charge in [0.2, 0.25) is 0 Å². The lowest BCUT2D eigenvalue weighted by Gasteiger charge is -2.22. The van der Waals surface area contributed by atoms with Crippen molar-refractivity contribution in [2.45, 2.75) is 57.5 Å². The van der Waals surface area contributed by atoms with Gasteiger partial charge in [0.05, 0.1) is 25.4 Å². The van der Waals surface area contributed by atoms with E-state index in [-0.39, 0.29) is 0 Å². The van der Waals surface area contributed by atoms with Gasteiger partial charge in [-0.1, -0.05) is 0 Å². The summed E-state index contributed by atoms with van der Waals surface area (Å²) in [4.78, 5) is 0. The number of ether oxygens (including phenoxy) is 2. The second-order valence-corrected chi connectivity index (χ2v) is 4.46. The quantitative estimate of drug-likeness (QED) is 0.699. The first-order valence-electron chi connectivity index (χ1n) is 5.66. The van der Waals surface area contributed by atoms with Crippen molar-refractivity contribution in [1.29, 1.82) is 0 Å². The minimum atomic E-state index is -0.454. The summed E-state index contributed by atoms with van der Waals surface area (Å²) in [5.74, 6) is -0.454. The van der Waals surface area contributed by atoms with Crippen molar-refractivity contribution < 1.29 is 19.7 Å². The van der Waals surface area contributed by atoms with E-state index in [1.54, 1.807) is 6.92 Å². The SMILES string of the molecule is CC(O)CC(O)CCCC1(C)OCCO1. The number of hydrogen-bond donors (Lipinski definition) is 2. The molecule has 0 aromatic carbocycles. The first kappa shape index (κ1) is 12.9. The summed E-state index contributed by atoms with van der Waals surface area (Å²) < 4.78 is 10.9. The van der Waals surface area contributed by atoms with E-state index in [4.69, 9.17) is 14.6 Å². The fourth-order valence-electron chi connectivity index (χ4n) is 1.87. The summed E-state index contributed by atoms with van der Waals surface area (Å²) in [6.07, 6.45) is 1.92. The zero-order chi connectivity index (χ0) is 11.3. The van der Waals surface area contributed by atoms with Crippen LogP contribution in [-0.2, 0) is 9.47 Å². The van der Waals surface area contributed by atoms with Crippen LogP contribution in [0.25, 0.3) is 0 Å². The Bertz CT molecular complexity index is 175. The van der Waals surface area contributed by atoms with E-state index in [2.05, 4.69) is 0 Å². The van der Waals surface area contributed by atoms with E-state index < -0.39 is 18.0 Å². The minimum absolute atomic E-state index is 0.421. The molecule has 0 radical (unpaired) electrons. The van der Waals surface area contributed by atoms with Gasteiger partial charge in [-0.2, -0.15) is 0 Å². The molecular weight excluding hydrogens is 196 g/mol. The maximum absolute atomic E-state index is 9.54. The molecule has 0 amide bonds. The highest BCUT2D eigenvalue weighted by molar-refractivity contribution is 4.69. The molecule has 1 heterocycles. The molecule has 1 fully saturated rings. The van der Waals surface area contributed by atoms with Crippen LogP contribution >= 0.6 is 0 Å². The summed E-state index contributed by atoms with van der Waals surface area (Å²) in [6, 6.07) is 0. The predicted molar refractivity (Wildman–Crippen MR) is 56.5 cm³/mol. The molecule has 2 unspecified atom stereocenters. The van der Waals surface area contributed by atoms with Crippen molar-refractivity contribution in [2.75, 3.05) is 13.2 Å². The lowest BCUT2D eigenvalue weighted by atomic mass is 10.0. The van der Waals surface area contributed by atoms with E-state index in [9.17, 15) is 5.11 Å². The molecule has 1 rings (SSSR count). The van der Waals surface area contributed by atoms with Gasteiger partial charge >= 0.3 is 0 Å².